The van der Waals surface area contributed by atoms with Crippen molar-refractivity contribution >= 4 is 52.8 Å². The molecule has 1 amide bonds. The van der Waals surface area contributed by atoms with Crippen molar-refractivity contribution < 1.29 is 9.53 Å². The van der Waals surface area contributed by atoms with Crippen LogP contribution in [-0.4, -0.2) is 27.8 Å². The lowest BCUT2D eigenvalue weighted by Gasteiger charge is -2.24. The van der Waals surface area contributed by atoms with E-state index in [9.17, 15) is 4.79 Å². The van der Waals surface area contributed by atoms with Crippen LogP contribution in [0.5, 0.6) is 5.75 Å². The molecule has 1 atom stereocenters. The molecule has 7 nitrogen and oxygen atoms in total. The smallest absolute Gasteiger partial charge is 0.250 e. The minimum atomic E-state index is -0.345. The summed E-state index contributed by atoms with van der Waals surface area (Å²) in [6.07, 6.45) is 5.19. The maximum absolute atomic E-state index is 12.6. The van der Waals surface area contributed by atoms with Gasteiger partial charge in [-0.1, -0.05) is 59.6 Å². The van der Waals surface area contributed by atoms with Crippen LogP contribution >= 0.6 is 23.2 Å². The van der Waals surface area contributed by atoms with Crippen LogP contribution in [0.25, 0.3) is 11.8 Å². The second kappa shape index (κ2) is 10.3. The van der Waals surface area contributed by atoms with Crippen LogP contribution < -0.4 is 15.4 Å². The number of aromatic nitrogens is 3. The number of nitrogens with one attached hydrogen (secondary N) is 2. The van der Waals surface area contributed by atoms with Crippen LogP contribution in [0.1, 0.15) is 22.7 Å². The number of fused-ring (bicyclic) bond motifs is 1. The fourth-order valence-corrected chi connectivity index (χ4v) is 4.03. The van der Waals surface area contributed by atoms with Gasteiger partial charge in [0, 0.05) is 21.8 Å². The highest BCUT2D eigenvalue weighted by molar-refractivity contribution is 6.30. The van der Waals surface area contributed by atoms with E-state index in [0.29, 0.717) is 16.0 Å². The molecule has 36 heavy (non-hydrogen) atoms. The Labute approximate surface area is 218 Å². The Morgan fingerprint density at radius 2 is 1.67 bits per heavy atom. The van der Waals surface area contributed by atoms with Crippen LogP contribution in [0.15, 0.2) is 84.9 Å². The van der Waals surface area contributed by atoms with Crippen LogP contribution in [0, 0.1) is 0 Å². The molecular formula is C27H21Cl2N5O2. The van der Waals surface area contributed by atoms with Crippen molar-refractivity contribution in [2.75, 3.05) is 17.7 Å². The van der Waals surface area contributed by atoms with Gasteiger partial charge in [0.2, 0.25) is 5.95 Å². The van der Waals surface area contributed by atoms with E-state index in [2.05, 4.69) is 20.7 Å². The topological polar surface area (TPSA) is 81.1 Å². The maximum atomic E-state index is 12.6. The minimum absolute atomic E-state index is 0.187. The van der Waals surface area contributed by atoms with Gasteiger partial charge in [0.05, 0.1) is 7.11 Å². The summed E-state index contributed by atoms with van der Waals surface area (Å²) in [7, 11) is 1.61. The summed E-state index contributed by atoms with van der Waals surface area (Å²) >= 11 is 12.2. The highest BCUT2D eigenvalue weighted by Crippen LogP contribution is 2.34. The first-order valence-electron chi connectivity index (χ1n) is 11.1. The monoisotopic (exact) mass is 517 g/mol. The van der Waals surface area contributed by atoms with Crippen molar-refractivity contribution in [3.8, 4) is 5.75 Å². The third kappa shape index (κ3) is 5.27. The molecule has 1 unspecified atom stereocenters. The lowest BCUT2D eigenvalue weighted by molar-refractivity contribution is -0.111. The van der Waals surface area contributed by atoms with Crippen molar-refractivity contribution in [3.05, 3.63) is 112 Å². The molecule has 0 saturated carbocycles. The maximum Gasteiger partial charge on any atom is 0.250 e. The molecule has 5 rings (SSSR count). The Hall–Kier alpha value is -4.07. The summed E-state index contributed by atoms with van der Waals surface area (Å²) in [4.78, 5) is 17.1. The molecule has 0 saturated heterocycles. The van der Waals surface area contributed by atoms with Gasteiger partial charge in [-0.3, -0.25) is 10.1 Å². The number of hydrogen-bond donors (Lipinski definition) is 2. The summed E-state index contributed by atoms with van der Waals surface area (Å²) in [5.74, 6) is 1.09. The molecule has 0 spiro atoms. The zero-order valence-electron chi connectivity index (χ0n) is 19.2. The van der Waals surface area contributed by atoms with E-state index in [1.54, 1.807) is 17.9 Å². The molecule has 0 radical (unpaired) electrons. The average Bonchev–Trinajstić information content (AvgIpc) is 3.30. The van der Waals surface area contributed by atoms with Crippen LogP contribution in [-0.2, 0) is 4.79 Å². The Morgan fingerprint density at radius 3 is 2.33 bits per heavy atom. The number of nitrogens with zero attached hydrogens (tertiary/aromatic N) is 3. The van der Waals surface area contributed by atoms with Gasteiger partial charge in [-0.25, -0.2) is 4.68 Å². The van der Waals surface area contributed by atoms with Crippen molar-refractivity contribution in [3.63, 3.8) is 0 Å². The summed E-state index contributed by atoms with van der Waals surface area (Å²) in [6.45, 7) is 0. The first-order chi connectivity index (χ1) is 17.5. The number of anilines is 2. The molecule has 9 heteroatoms. The first kappa shape index (κ1) is 23.7. The van der Waals surface area contributed by atoms with Gasteiger partial charge >= 0.3 is 0 Å². The van der Waals surface area contributed by atoms with Crippen molar-refractivity contribution in [1.29, 1.82) is 0 Å². The van der Waals surface area contributed by atoms with Gasteiger partial charge in [0.25, 0.3) is 11.9 Å². The molecular weight excluding hydrogens is 497 g/mol. The van der Waals surface area contributed by atoms with Gasteiger partial charge in [-0.2, -0.15) is 4.98 Å². The predicted molar refractivity (Wildman–Crippen MR) is 143 cm³/mol. The standard InChI is InChI=1S/C27H21Cl2N5O2/c1-36-22-13-2-17(3-14-22)4-15-25(35)31-26-32-27-30-23(18-5-9-20(28)10-6-18)16-24(34(27)33-26)19-7-11-21(29)12-8-19/h2-16,24H,1H3,(H2,30,31,32,33,35)/b15-4+. The van der Waals surface area contributed by atoms with Crippen LogP contribution in [0.2, 0.25) is 10.0 Å². The fraction of sp³-hybridized carbons (Fsp3) is 0.0741. The molecule has 0 aliphatic carbocycles. The number of hydrogen-bond acceptors (Lipinski definition) is 5. The van der Waals surface area contributed by atoms with E-state index in [-0.39, 0.29) is 17.9 Å². The predicted octanol–water partition coefficient (Wildman–Crippen LogP) is 6.30. The molecule has 1 aliphatic rings. The number of rotatable bonds is 6. The summed E-state index contributed by atoms with van der Waals surface area (Å²) in [5.41, 5.74) is 3.63. The SMILES string of the molecule is COc1ccc(/C=C/C(=O)Nc2nc3n(n2)C(c2ccc(Cl)cc2)C=C(c2ccc(Cl)cc2)N3)cc1. The van der Waals surface area contributed by atoms with E-state index in [0.717, 1.165) is 28.1 Å². The van der Waals surface area contributed by atoms with E-state index in [1.807, 2.05) is 78.9 Å². The summed E-state index contributed by atoms with van der Waals surface area (Å²) in [5, 5.41) is 11.9. The Balaban J connectivity index is 1.40. The molecule has 1 aromatic heterocycles. The fourth-order valence-electron chi connectivity index (χ4n) is 3.78. The number of benzene rings is 3. The zero-order chi connectivity index (χ0) is 25.1. The number of carbonyl (C=O) groups is 1. The van der Waals surface area contributed by atoms with Gasteiger partial charge < -0.3 is 10.1 Å². The second-order valence-electron chi connectivity index (χ2n) is 8.01. The van der Waals surface area contributed by atoms with E-state index >= 15 is 0 Å². The average molecular weight is 518 g/mol. The second-order valence-corrected chi connectivity index (χ2v) is 8.88. The largest absolute Gasteiger partial charge is 0.497 e. The Kier molecular flexibility index (Phi) is 6.75. The van der Waals surface area contributed by atoms with E-state index in [4.69, 9.17) is 27.9 Å². The van der Waals surface area contributed by atoms with Crippen molar-refractivity contribution in [2.24, 2.45) is 0 Å². The normalized spacial score (nSPS) is 14.6. The summed E-state index contributed by atoms with van der Waals surface area (Å²) < 4.78 is 6.88. The highest BCUT2D eigenvalue weighted by atomic mass is 35.5. The highest BCUT2D eigenvalue weighted by Gasteiger charge is 2.25. The molecule has 180 valence electrons. The molecule has 2 heterocycles. The first-order valence-corrected chi connectivity index (χ1v) is 11.8. The molecule has 3 aromatic carbocycles. The van der Waals surface area contributed by atoms with Gasteiger partial charge in [0.1, 0.15) is 11.8 Å². The lowest BCUT2D eigenvalue weighted by Crippen LogP contribution is -2.20. The number of halogens is 2. The van der Waals surface area contributed by atoms with Crippen molar-refractivity contribution in [1.82, 2.24) is 14.8 Å². The van der Waals surface area contributed by atoms with E-state index in [1.165, 1.54) is 6.08 Å². The third-order valence-electron chi connectivity index (χ3n) is 5.61. The van der Waals surface area contributed by atoms with Crippen LogP contribution in [0.4, 0.5) is 11.9 Å². The number of carbonyl (C=O) groups excluding carboxylic acids is 1. The quantitative estimate of drug-likeness (QED) is 0.293. The Bertz CT molecular complexity index is 1440. The number of amides is 1. The minimum Gasteiger partial charge on any atom is -0.497 e. The Morgan fingerprint density at radius 1 is 1.00 bits per heavy atom. The zero-order valence-corrected chi connectivity index (χ0v) is 20.7. The molecule has 4 aromatic rings. The molecule has 1 aliphatic heterocycles. The number of ether oxygens (including phenoxy) is 1. The van der Waals surface area contributed by atoms with Gasteiger partial charge in [-0.15, -0.1) is 5.10 Å². The lowest BCUT2D eigenvalue weighted by atomic mass is 10.0. The molecule has 0 fully saturated rings. The third-order valence-corrected chi connectivity index (χ3v) is 6.11. The van der Waals surface area contributed by atoms with Gasteiger partial charge in [0.15, 0.2) is 0 Å². The van der Waals surface area contributed by atoms with Gasteiger partial charge in [-0.05, 0) is 65.2 Å². The van der Waals surface area contributed by atoms with E-state index < -0.39 is 0 Å². The number of methoxy groups -OCH3 is 1. The summed E-state index contributed by atoms with van der Waals surface area (Å²) in [6, 6.07) is 22.2. The van der Waals surface area contributed by atoms with Crippen LogP contribution in [0.3, 0.4) is 0 Å². The molecule has 2 N–H and O–H groups in total. The van der Waals surface area contributed by atoms with Crippen molar-refractivity contribution in [2.45, 2.75) is 6.04 Å². The molecule has 0 bridgehead atoms. The number of allylic oxidation sites excluding steroid dienone is 1.